The minimum Gasteiger partial charge on any atom is -0.508 e. The zero-order valence-corrected chi connectivity index (χ0v) is 19.2. The second-order valence-electron chi connectivity index (χ2n) is 9.29. The molecule has 9 heteroatoms. The Hall–Kier alpha value is -4.24. The topological polar surface area (TPSA) is 108 Å². The number of phenols is 1. The average Bonchev–Trinajstić information content (AvgIpc) is 3.45. The summed E-state index contributed by atoms with van der Waals surface area (Å²) in [6, 6.07) is 16.4. The van der Waals surface area contributed by atoms with Gasteiger partial charge < -0.3 is 15.2 Å². The third-order valence-corrected chi connectivity index (χ3v) is 7.40. The molecule has 0 unspecified atom stereocenters. The Bertz CT molecular complexity index is 1410. The summed E-state index contributed by atoms with van der Waals surface area (Å²) in [4.78, 5) is 42.4. The fourth-order valence-corrected chi connectivity index (χ4v) is 5.82. The Morgan fingerprint density at radius 2 is 1.72 bits per heavy atom. The molecule has 3 aromatic carbocycles. The molecule has 0 aliphatic carbocycles. The molecule has 3 N–H and O–H groups in total. The molecular weight excluding hydrogens is 465 g/mol. The molecule has 0 bridgehead atoms. The number of anilines is 2. The maximum atomic E-state index is 14.4. The van der Waals surface area contributed by atoms with Gasteiger partial charge in [-0.1, -0.05) is 12.1 Å². The zero-order chi connectivity index (χ0) is 25.2. The lowest BCUT2D eigenvalue weighted by molar-refractivity contribution is -0.130. The van der Waals surface area contributed by atoms with Crippen LogP contribution in [0.5, 0.6) is 11.5 Å². The smallest absolute Gasteiger partial charge is 0.250 e. The van der Waals surface area contributed by atoms with Gasteiger partial charge in [-0.15, -0.1) is 0 Å². The van der Waals surface area contributed by atoms with Crippen molar-refractivity contribution in [2.75, 3.05) is 17.3 Å². The van der Waals surface area contributed by atoms with Crippen molar-refractivity contribution in [3.8, 4) is 11.5 Å². The number of carbonyl (C=O) groups excluding carboxylic acids is 3. The number of amides is 3. The first-order valence-corrected chi connectivity index (χ1v) is 11.5. The predicted octanol–water partition coefficient (Wildman–Crippen LogP) is 2.71. The molecule has 0 saturated carbocycles. The van der Waals surface area contributed by atoms with Gasteiger partial charge >= 0.3 is 0 Å². The SMILES string of the molecule is COc1ccc(N2C(=O)[C@H]3[C@H](Cc4ccc(O)cc4)N[C@]4(C(=O)Nc5ccc(F)cc54)[C@@H]3C2=O)cc1. The molecule has 3 aromatic rings. The lowest BCUT2D eigenvalue weighted by Crippen LogP contribution is -2.53. The molecule has 2 saturated heterocycles. The van der Waals surface area contributed by atoms with E-state index >= 15 is 0 Å². The standard InChI is InChI=1S/C27H22FN3O5/c1-36-18-9-5-16(6-10-18)31-24(33)22-21(12-14-2-7-17(32)8-3-14)30-27(23(22)25(31)34)19-13-15(28)4-11-20(19)29-26(27)35/h2-11,13,21-23,30,32H,12H2,1H3,(H,29,35)/t21-,22-,23-,27-/m0/s1. The average molecular weight is 487 g/mol. The number of imide groups is 1. The quantitative estimate of drug-likeness (QED) is 0.489. The molecule has 36 heavy (non-hydrogen) atoms. The predicted molar refractivity (Wildman–Crippen MR) is 128 cm³/mol. The van der Waals surface area contributed by atoms with Crippen LogP contribution >= 0.6 is 0 Å². The van der Waals surface area contributed by atoms with Gasteiger partial charge in [-0.2, -0.15) is 0 Å². The fraction of sp³-hybridized carbons (Fsp3) is 0.222. The van der Waals surface area contributed by atoms with Crippen molar-refractivity contribution in [1.82, 2.24) is 5.32 Å². The van der Waals surface area contributed by atoms with Gasteiger partial charge in [0.2, 0.25) is 17.7 Å². The van der Waals surface area contributed by atoms with Gasteiger partial charge in [0.25, 0.3) is 0 Å². The van der Waals surface area contributed by atoms with E-state index in [4.69, 9.17) is 4.74 Å². The number of benzene rings is 3. The van der Waals surface area contributed by atoms with E-state index in [0.29, 0.717) is 29.1 Å². The first-order valence-electron chi connectivity index (χ1n) is 11.5. The molecule has 1 spiro atoms. The highest BCUT2D eigenvalue weighted by Gasteiger charge is 2.70. The molecule has 8 nitrogen and oxygen atoms in total. The van der Waals surface area contributed by atoms with Crippen molar-refractivity contribution < 1.29 is 28.6 Å². The van der Waals surface area contributed by atoms with Crippen molar-refractivity contribution in [2.24, 2.45) is 11.8 Å². The molecule has 3 heterocycles. The number of nitrogens with one attached hydrogen (secondary N) is 2. The summed E-state index contributed by atoms with van der Waals surface area (Å²) in [6.07, 6.45) is 0.316. The van der Waals surface area contributed by atoms with Crippen molar-refractivity contribution in [3.05, 3.63) is 83.7 Å². The summed E-state index contributed by atoms with van der Waals surface area (Å²) in [7, 11) is 1.52. The molecular formula is C27H22FN3O5. The molecule has 0 radical (unpaired) electrons. The summed E-state index contributed by atoms with van der Waals surface area (Å²) in [6.45, 7) is 0. The molecule has 6 rings (SSSR count). The number of hydrogen-bond acceptors (Lipinski definition) is 6. The largest absolute Gasteiger partial charge is 0.508 e. The molecule has 4 atom stereocenters. The summed E-state index contributed by atoms with van der Waals surface area (Å²) < 4.78 is 19.6. The van der Waals surface area contributed by atoms with Crippen LogP contribution in [0.15, 0.2) is 66.7 Å². The normalized spacial score (nSPS) is 26.3. The minimum absolute atomic E-state index is 0.102. The number of methoxy groups -OCH3 is 1. The number of hydrogen-bond donors (Lipinski definition) is 3. The number of nitrogens with zero attached hydrogens (tertiary/aromatic N) is 1. The van der Waals surface area contributed by atoms with Gasteiger partial charge in [0.05, 0.1) is 24.6 Å². The van der Waals surface area contributed by atoms with Gasteiger partial charge in [0, 0.05) is 17.3 Å². The van der Waals surface area contributed by atoms with Crippen LogP contribution in [0, 0.1) is 17.7 Å². The van der Waals surface area contributed by atoms with E-state index in [1.165, 1.54) is 37.4 Å². The lowest BCUT2D eigenvalue weighted by atomic mass is 9.76. The van der Waals surface area contributed by atoms with Crippen LogP contribution in [0.4, 0.5) is 15.8 Å². The number of halogens is 1. The van der Waals surface area contributed by atoms with E-state index in [1.54, 1.807) is 36.4 Å². The fourth-order valence-electron chi connectivity index (χ4n) is 5.82. The van der Waals surface area contributed by atoms with Crippen LogP contribution in [0.25, 0.3) is 0 Å². The van der Waals surface area contributed by atoms with Crippen molar-refractivity contribution in [2.45, 2.75) is 18.0 Å². The van der Waals surface area contributed by atoms with Crippen LogP contribution in [-0.2, 0) is 26.3 Å². The van der Waals surface area contributed by atoms with Gasteiger partial charge in [-0.25, -0.2) is 9.29 Å². The summed E-state index contributed by atoms with van der Waals surface area (Å²) in [5.41, 5.74) is 0.297. The van der Waals surface area contributed by atoms with Gasteiger partial charge in [-0.05, 0) is 66.6 Å². The lowest BCUT2D eigenvalue weighted by Gasteiger charge is -2.29. The molecule has 3 amide bonds. The monoisotopic (exact) mass is 487 g/mol. The second-order valence-corrected chi connectivity index (χ2v) is 9.29. The van der Waals surface area contributed by atoms with E-state index in [0.717, 1.165) is 10.5 Å². The second kappa shape index (κ2) is 7.89. The van der Waals surface area contributed by atoms with Crippen LogP contribution in [-0.4, -0.2) is 36.0 Å². The Morgan fingerprint density at radius 1 is 1.00 bits per heavy atom. The number of carbonyl (C=O) groups is 3. The number of ether oxygens (including phenoxy) is 1. The first-order chi connectivity index (χ1) is 17.3. The van der Waals surface area contributed by atoms with E-state index < -0.39 is 47.0 Å². The highest BCUT2D eigenvalue weighted by atomic mass is 19.1. The summed E-state index contributed by atoms with van der Waals surface area (Å²) in [5.74, 6) is -3.27. The van der Waals surface area contributed by atoms with Crippen LogP contribution in [0.2, 0.25) is 0 Å². The zero-order valence-electron chi connectivity index (χ0n) is 19.2. The molecule has 182 valence electrons. The van der Waals surface area contributed by atoms with Crippen LogP contribution in [0.1, 0.15) is 11.1 Å². The Morgan fingerprint density at radius 3 is 2.42 bits per heavy atom. The number of rotatable bonds is 4. The third-order valence-electron chi connectivity index (χ3n) is 7.40. The first kappa shape index (κ1) is 22.2. The third kappa shape index (κ3) is 3.06. The van der Waals surface area contributed by atoms with Crippen molar-refractivity contribution in [1.29, 1.82) is 0 Å². The van der Waals surface area contributed by atoms with Crippen molar-refractivity contribution >= 4 is 29.1 Å². The van der Waals surface area contributed by atoms with Gasteiger partial charge in [0.15, 0.2) is 0 Å². The minimum atomic E-state index is -1.60. The van der Waals surface area contributed by atoms with Gasteiger partial charge in [0.1, 0.15) is 22.9 Å². The molecule has 0 aromatic heterocycles. The van der Waals surface area contributed by atoms with Crippen LogP contribution < -0.4 is 20.3 Å². The van der Waals surface area contributed by atoms with E-state index in [-0.39, 0.29) is 5.75 Å². The maximum Gasteiger partial charge on any atom is 0.250 e. The highest BCUT2D eigenvalue weighted by molar-refractivity contribution is 6.25. The van der Waals surface area contributed by atoms with E-state index in [9.17, 15) is 23.9 Å². The maximum absolute atomic E-state index is 14.4. The summed E-state index contributed by atoms with van der Waals surface area (Å²) in [5, 5.41) is 15.7. The Balaban J connectivity index is 1.48. The highest BCUT2D eigenvalue weighted by Crippen LogP contribution is 2.54. The van der Waals surface area contributed by atoms with Gasteiger partial charge in [-0.3, -0.25) is 19.7 Å². The number of fused-ring (bicyclic) bond motifs is 4. The van der Waals surface area contributed by atoms with E-state index in [2.05, 4.69) is 10.6 Å². The molecule has 3 aliphatic rings. The molecule has 3 aliphatic heterocycles. The van der Waals surface area contributed by atoms with Crippen molar-refractivity contribution in [3.63, 3.8) is 0 Å². The number of aromatic hydroxyl groups is 1. The molecule has 2 fully saturated rings. The Kier molecular flexibility index (Phi) is 4.87. The van der Waals surface area contributed by atoms with Crippen LogP contribution in [0.3, 0.4) is 0 Å². The Labute approximate surface area is 205 Å². The summed E-state index contributed by atoms with van der Waals surface area (Å²) >= 11 is 0. The number of phenolic OH excluding ortho intramolecular Hbond substituents is 1. The van der Waals surface area contributed by atoms with E-state index in [1.807, 2.05) is 0 Å².